The lowest BCUT2D eigenvalue weighted by atomic mass is 9.87. The minimum absolute atomic E-state index is 0.00213. The fourth-order valence-electron chi connectivity index (χ4n) is 2.47. The van der Waals surface area contributed by atoms with Crippen molar-refractivity contribution in [1.82, 2.24) is 9.88 Å². The van der Waals surface area contributed by atoms with Crippen LogP contribution in [0.15, 0.2) is 5.38 Å². The maximum atomic E-state index is 11.5. The third-order valence-corrected chi connectivity index (χ3v) is 4.85. The van der Waals surface area contributed by atoms with Crippen molar-refractivity contribution in [2.24, 2.45) is 11.8 Å². The quantitative estimate of drug-likeness (QED) is 0.865. The van der Waals surface area contributed by atoms with Crippen molar-refractivity contribution < 1.29 is 14.7 Å². The highest BCUT2D eigenvalue weighted by Crippen LogP contribution is 2.27. The molecule has 1 atom stereocenters. The van der Waals surface area contributed by atoms with E-state index < -0.39 is 5.97 Å². The topological polar surface area (TPSA) is 73.7 Å². The number of aliphatic carboxylic acids is 1. The third kappa shape index (κ3) is 3.59. The number of aromatic nitrogens is 1. The summed E-state index contributed by atoms with van der Waals surface area (Å²) in [4.78, 5) is 30.7. The summed E-state index contributed by atoms with van der Waals surface area (Å²) in [5, 5.41) is 11.7. The number of hydrogen-bond acceptors (Lipinski definition) is 5. The average molecular weight is 311 g/mol. The molecule has 116 valence electrons. The van der Waals surface area contributed by atoms with Crippen LogP contribution in [0.3, 0.4) is 0 Å². The molecule has 1 fully saturated rings. The second-order valence-corrected chi connectivity index (χ2v) is 6.30. The minimum atomic E-state index is -0.726. The van der Waals surface area contributed by atoms with Gasteiger partial charge >= 0.3 is 5.97 Å². The number of likely N-dealkylation sites (tertiary alicyclic amines) is 1. The SMILES string of the molecule is CCN(C(C)=O)c1nc(CN2CC(C(C)C(=O)O)C2)cs1. The van der Waals surface area contributed by atoms with Gasteiger partial charge in [0.05, 0.1) is 11.6 Å². The summed E-state index contributed by atoms with van der Waals surface area (Å²) in [6.45, 7) is 8.15. The van der Waals surface area contributed by atoms with Crippen LogP contribution in [0.25, 0.3) is 0 Å². The molecule has 1 saturated heterocycles. The first-order chi connectivity index (χ1) is 9.92. The first kappa shape index (κ1) is 15.9. The van der Waals surface area contributed by atoms with Crippen LogP contribution in [0.4, 0.5) is 5.13 Å². The van der Waals surface area contributed by atoms with Crippen molar-refractivity contribution in [2.75, 3.05) is 24.5 Å². The Labute approximate surface area is 128 Å². The summed E-state index contributed by atoms with van der Waals surface area (Å²) in [7, 11) is 0. The highest BCUT2D eigenvalue weighted by Gasteiger charge is 2.34. The van der Waals surface area contributed by atoms with Gasteiger partial charge < -0.3 is 5.11 Å². The molecule has 1 unspecified atom stereocenters. The van der Waals surface area contributed by atoms with E-state index in [1.54, 1.807) is 11.8 Å². The molecule has 1 N–H and O–H groups in total. The van der Waals surface area contributed by atoms with Crippen LogP contribution in [-0.4, -0.2) is 46.5 Å². The number of carbonyl (C=O) groups excluding carboxylic acids is 1. The van der Waals surface area contributed by atoms with E-state index in [4.69, 9.17) is 5.11 Å². The van der Waals surface area contributed by atoms with Gasteiger partial charge in [0.25, 0.3) is 0 Å². The molecule has 7 heteroatoms. The fourth-order valence-corrected chi connectivity index (χ4v) is 3.39. The second-order valence-electron chi connectivity index (χ2n) is 5.47. The summed E-state index contributed by atoms with van der Waals surface area (Å²) in [5.41, 5.74) is 0.941. The lowest BCUT2D eigenvalue weighted by Crippen LogP contribution is -2.50. The van der Waals surface area contributed by atoms with Gasteiger partial charge in [-0.2, -0.15) is 0 Å². The number of hydrogen-bond donors (Lipinski definition) is 1. The number of nitrogens with zero attached hydrogens (tertiary/aromatic N) is 3. The highest BCUT2D eigenvalue weighted by atomic mass is 32.1. The molecule has 21 heavy (non-hydrogen) atoms. The Hall–Kier alpha value is -1.47. The van der Waals surface area contributed by atoms with Crippen molar-refractivity contribution in [3.8, 4) is 0 Å². The number of thiazole rings is 1. The van der Waals surface area contributed by atoms with E-state index in [-0.39, 0.29) is 17.7 Å². The normalized spacial score (nSPS) is 17.3. The van der Waals surface area contributed by atoms with E-state index in [1.165, 1.54) is 18.3 Å². The molecule has 0 bridgehead atoms. The largest absolute Gasteiger partial charge is 0.481 e. The summed E-state index contributed by atoms with van der Waals surface area (Å²) in [5.74, 6) is -0.793. The molecular weight excluding hydrogens is 290 g/mol. The zero-order valence-corrected chi connectivity index (χ0v) is 13.4. The number of carbonyl (C=O) groups is 2. The van der Waals surface area contributed by atoms with Crippen molar-refractivity contribution in [3.05, 3.63) is 11.1 Å². The van der Waals surface area contributed by atoms with Crippen molar-refractivity contribution >= 4 is 28.3 Å². The zero-order chi connectivity index (χ0) is 15.6. The lowest BCUT2D eigenvalue weighted by molar-refractivity contribution is -0.145. The molecule has 2 rings (SSSR count). The molecule has 1 aliphatic rings. The maximum Gasteiger partial charge on any atom is 0.306 e. The van der Waals surface area contributed by atoms with Gasteiger partial charge in [0, 0.05) is 38.5 Å². The molecule has 6 nitrogen and oxygen atoms in total. The Morgan fingerprint density at radius 1 is 1.57 bits per heavy atom. The van der Waals surface area contributed by atoms with Crippen molar-refractivity contribution in [1.29, 1.82) is 0 Å². The van der Waals surface area contributed by atoms with E-state index in [0.717, 1.165) is 30.5 Å². The van der Waals surface area contributed by atoms with Gasteiger partial charge in [-0.15, -0.1) is 11.3 Å². The Balaban J connectivity index is 1.87. The first-order valence-electron chi connectivity index (χ1n) is 7.10. The van der Waals surface area contributed by atoms with Gasteiger partial charge in [-0.25, -0.2) is 4.98 Å². The van der Waals surface area contributed by atoms with Gasteiger partial charge in [0.2, 0.25) is 5.91 Å². The molecule has 0 aliphatic carbocycles. The summed E-state index contributed by atoms with van der Waals surface area (Å²) >= 11 is 1.47. The van der Waals surface area contributed by atoms with Crippen LogP contribution < -0.4 is 4.90 Å². The van der Waals surface area contributed by atoms with Crippen LogP contribution in [0.5, 0.6) is 0 Å². The standard InChI is InChI=1S/C14H21N3O3S/c1-4-17(10(3)18)14-15-12(8-21-14)7-16-5-11(6-16)9(2)13(19)20/h8-9,11H,4-7H2,1-3H3,(H,19,20). The van der Waals surface area contributed by atoms with E-state index in [1.807, 2.05) is 12.3 Å². The molecule has 0 spiro atoms. The Morgan fingerprint density at radius 2 is 2.24 bits per heavy atom. The van der Waals surface area contributed by atoms with Gasteiger partial charge in [-0.1, -0.05) is 6.92 Å². The van der Waals surface area contributed by atoms with Crippen LogP contribution in [0.1, 0.15) is 26.5 Å². The second kappa shape index (κ2) is 6.53. The van der Waals surface area contributed by atoms with Gasteiger partial charge in [-0.05, 0) is 12.8 Å². The molecule has 1 aliphatic heterocycles. The summed E-state index contributed by atoms with van der Waals surface area (Å²) < 4.78 is 0. The highest BCUT2D eigenvalue weighted by molar-refractivity contribution is 7.14. The zero-order valence-electron chi connectivity index (χ0n) is 12.6. The van der Waals surface area contributed by atoms with Crippen molar-refractivity contribution in [2.45, 2.75) is 27.3 Å². The van der Waals surface area contributed by atoms with Gasteiger partial charge in [0.1, 0.15) is 0 Å². The number of carboxylic acid groups (broad SMARTS) is 1. The van der Waals surface area contributed by atoms with Crippen LogP contribution in [0, 0.1) is 11.8 Å². The molecule has 0 aromatic carbocycles. The van der Waals surface area contributed by atoms with E-state index in [0.29, 0.717) is 6.54 Å². The van der Waals surface area contributed by atoms with E-state index >= 15 is 0 Å². The number of anilines is 1. The molecule has 0 saturated carbocycles. The van der Waals surface area contributed by atoms with Crippen molar-refractivity contribution in [3.63, 3.8) is 0 Å². The van der Waals surface area contributed by atoms with Gasteiger partial charge in [-0.3, -0.25) is 19.4 Å². The Kier molecular flexibility index (Phi) is 4.95. The molecule has 2 heterocycles. The first-order valence-corrected chi connectivity index (χ1v) is 7.98. The smallest absolute Gasteiger partial charge is 0.306 e. The molecule has 1 aromatic rings. The predicted molar refractivity (Wildman–Crippen MR) is 81.4 cm³/mol. The molecule has 1 amide bonds. The molecule has 1 aromatic heterocycles. The van der Waals surface area contributed by atoms with Crippen LogP contribution in [-0.2, 0) is 16.1 Å². The number of rotatable bonds is 6. The summed E-state index contributed by atoms with van der Waals surface area (Å²) in [6, 6.07) is 0. The maximum absolute atomic E-state index is 11.5. The number of amides is 1. The number of carboxylic acids is 1. The lowest BCUT2D eigenvalue weighted by Gasteiger charge is -2.40. The van der Waals surface area contributed by atoms with E-state index in [9.17, 15) is 9.59 Å². The predicted octanol–water partition coefficient (Wildman–Crippen LogP) is 1.67. The Morgan fingerprint density at radius 3 is 2.76 bits per heavy atom. The third-order valence-electron chi connectivity index (χ3n) is 3.93. The summed E-state index contributed by atoms with van der Waals surface area (Å²) in [6.07, 6.45) is 0. The van der Waals surface area contributed by atoms with Crippen LogP contribution in [0.2, 0.25) is 0 Å². The van der Waals surface area contributed by atoms with Crippen LogP contribution >= 0.6 is 11.3 Å². The molecule has 0 radical (unpaired) electrons. The molecular formula is C14H21N3O3S. The fraction of sp³-hybridized carbons (Fsp3) is 0.643. The monoisotopic (exact) mass is 311 g/mol. The Bertz CT molecular complexity index is 525. The average Bonchev–Trinajstić information content (AvgIpc) is 2.81. The minimum Gasteiger partial charge on any atom is -0.481 e. The van der Waals surface area contributed by atoms with E-state index in [2.05, 4.69) is 9.88 Å². The van der Waals surface area contributed by atoms with Gasteiger partial charge in [0.15, 0.2) is 5.13 Å².